The molecular formula is C24H22F2N2O3. The number of halogens is 2. The van der Waals surface area contributed by atoms with Crippen molar-refractivity contribution in [2.24, 2.45) is 0 Å². The van der Waals surface area contributed by atoms with Crippen LogP contribution in [0.3, 0.4) is 0 Å². The monoisotopic (exact) mass is 424 g/mol. The molecule has 5 nitrogen and oxygen atoms in total. The molecular weight excluding hydrogens is 402 g/mol. The molecule has 3 aromatic rings. The first kappa shape index (κ1) is 19.4. The van der Waals surface area contributed by atoms with Crippen LogP contribution in [0.1, 0.15) is 25.4 Å². The van der Waals surface area contributed by atoms with Crippen LogP contribution in [0.2, 0.25) is 0 Å². The van der Waals surface area contributed by atoms with Crippen LogP contribution < -0.4 is 20.5 Å². The molecule has 0 unspecified atom stereocenters. The number of aryl methyl sites for hydroxylation is 1. The van der Waals surface area contributed by atoms with Crippen LogP contribution in [0, 0.1) is 18.6 Å². The van der Waals surface area contributed by atoms with E-state index in [9.17, 15) is 13.6 Å². The Bertz CT molecular complexity index is 1230. The Morgan fingerprint density at radius 3 is 2.58 bits per heavy atom. The number of nitrogens with two attached hydrogens (primary N) is 1. The van der Waals surface area contributed by atoms with Crippen LogP contribution in [0.25, 0.3) is 11.1 Å². The minimum Gasteiger partial charge on any atom is -0.454 e. The number of anilines is 2. The van der Waals surface area contributed by atoms with Gasteiger partial charge in [-0.2, -0.15) is 0 Å². The fraction of sp³-hybridized carbons (Fsp3) is 0.208. The SMILES string of the molecule is Cc1ccc(NC(=O)C2(c3ccc4c(c3)OCO4)CC2)cc1-c1ccc(F)c(N)c1F.[HH]. The van der Waals surface area contributed by atoms with Gasteiger partial charge in [0.15, 0.2) is 17.3 Å². The third-order valence-corrected chi connectivity index (χ3v) is 6.02. The first-order chi connectivity index (χ1) is 14.9. The summed E-state index contributed by atoms with van der Waals surface area (Å²) in [5.74, 6) is -0.448. The lowest BCUT2D eigenvalue weighted by atomic mass is 9.94. The number of fused-ring (bicyclic) bond motifs is 1. The van der Waals surface area contributed by atoms with Gasteiger partial charge in [-0.1, -0.05) is 12.1 Å². The molecule has 3 N–H and O–H groups in total. The molecule has 5 rings (SSSR count). The van der Waals surface area contributed by atoms with Crippen LogP contribution in [0.4, 0.5) is 20.2 Å². The second kappa shape index (κ2) is 6.97. The van der Waals surface area contributed by atoms with E-state index in [1.54, 1.807) is 18.2 Å². The van der Waals surface area contributed by atoms with Gasteiger partial charge in [0, 0.05) is 12.7 Å². The lowest BCUT2D eigenvalue weighted by Gasteiger charge is -2.17. The predicted octanol–water partition coefficient (Wildman–Crippen LogP) is 5.17. The van der Waals surface area contributed by atoms with Crippen molar-refractivity contribution in [1.82, 2.24) is 0 Å². The van der Waals surface area contributed by atoms with E-state index in [4.69, 9.17) is 15.2 Å². The van der Waals surface area contributed by atoms with Crippen molar-refractivity contribution in [1.29, 1.82) is 0 Å². The molecule has 0 radical (unpaired) electrons. The number of rotatable bonds is 4. The van der Waals surface area contributed by atoms with Crippen molar-refractivity contribution >= 4 is 17.3 Å². The minimum atomic E-state index is -0.814. The Balaban J connectivity index is 0.00000245. The standard InChI is InChI=1S/C24H20F2N2O3.H2/c1-13-2-4-15(11-17(13)16-5-6-18(25)22(27)21(16)26)28-23(29)24(8-9-24)14-3-7-19-20(10-14)31-12-30-19;/h2-7,10-11H,8-9,12,27H2,1H3,(H,28,29);1H. The fourth-order valence-electron chi connectivity index (χ4n) is 3.98. The highest BCUT2D eigenvalue weighted by atomic mass is 19.1. The highest BCUT2D eigenvalue weighted by molar-refractivity contribution is 6.02. The molecule has 0 saturated heterocycles. The number of amides is 1. The molecule has 0 aromatic heterocycles. The van der Waals surface area contributed by atoms with E-state index in [1.807, 2.05) is 25.1 Å². The first-order valence-corrected chi connectivity index (χ1v) is 9.95. The molecule has 0 atom stereocenters. The van der Waals surface area contributed by atoms with Gasteiger partial charge in [-0.25, -0.2) is 8.78 Å². The predicted molar refractivity (Wildman–Crippen MR) is 115 cm³/mol. The average Bonchev–Trinajstić information content (AvgIpc) is 3.45. The molecule has 0 bridgehead atoms. The van der Waals surface area contributed by atoms with Crippen LogP contribution in [-0.2, 0) is 10.2 Å². The van der Waals surface area contributed by atoms with Crippen molar-refractivity contribution in [2.75, 3.05) is 17.8 Å². The Hall–Kier alpha value is -3.61. The molecule has 31 heavy (non-hydrogen) atoms. The number of benzene rings is 3. The second-order valence-corrected chi connectivity index (χ2v) is 7.96. The Morgan fingerprint density at radius 2 is 1.81 bits per heavy atom. The second-order valence-electron chi connectivity index (χ2n) is 7.96. The van der Waals surface area contributed by atoms with Gasteiger partial charge in [-0.15, -0.1) is 0 Å². The first-order valence-electron chi connectivity index (χ1n) is 9.95. The summed E-state index contributed by atoms with van der Waals surface area (Å²) in [6, 6.07) is 13.3. The molecule has 2 aliphatic rings. The van der Waals surface area contributed by atoms with Gasteiger partial charge in [-0.05, 0) is 72.9 Å². The highest BCUT2D eigenvalue weighted by Crippen LogP contribution is 2.51. The van der Waals surface area contributed by atoms with E-state index in [1.165, 1.54) is 6.07 Å². The van der Waals surface area contributed by atoms with Crippen molar-refractivity contribution in [2.45, 2.75) is 25.2 Å². The van der Waals surface area contributed by atoms with Crippen molar-refractivity contribution in [3.63, 3.8) is 0 Å². The molecule has 1 amide bonds. The molecule has 1 saturated carbocycles. The van der Waals surface area contributed by atoms with Gasteiger partial charge in [0.1, 0.15) is 11.5 Å². The summed E-state index contributed by atoms with van der Waals surface area (Å²) >= 11 is 0. The van der Waals surface area contributed by atoms with Crippen LogP contribution >= 0.6 is 0 Å². The topological polar surface area (TPSA) is 73.6 Å². The van der Waals surface area contributed by atoms with Gasteiger partial charge in [0.05, 0.1) is 5.41 Å². The minimum absolute atomic E-state index is 0. The summed E-state index contributed by atoms with van der Waals surface area (Å²) < 4.78 is 38.9. The van der Waals surface area contributed by atoms with Gasteiger partial charge in [-0.3, -0.25) is 4.79 Å². The Morgan fingerprint density at radius 1 is 1.03 bits per heavy atom. The largest absolute Gasteiger partial charge is 0.454 e. The maximum Gasteiger partial charge on any atom is 0.235 e. The van der Waals surface area contributed by atoms with Gasteiger partial charge >= 0.3 is 0 Å². The van der Waals surface area contributed by atoms with Crippen molar-refractivity contribution in [3.05, 3.63) is 71.3 Å². The number of carbonyl (C=O) groups is 1. The molecule has 1 heterocycles. The normalized spacial score (nSPS) is 15.6. The summed E-state index contributed by atoms with van der Waals surface area (Å²) in [5.41, 5.74) is 7.27. The number of carbonyl (C=O) groups excluding carboxylic acids is 1. The summed E-state index contributed by atoms with van der Waals surface area (Å²) in [4.78, 5) is 13.2. The van der Waals surface area contributed by atoms with E-state index in [2.05, 4.69) is 5.32 Å². The zero-order valence-corrected chi connectivity index (χ0v) is 16.8. The average molecular weight is 424 g/mol. The van der Waals surface area contributed by atoms with E-state index in [-0.39, 0.29) is 19.7 Å². The lowest BCUT2D eigenvalue weighted by Crippen LogP contribution is -2.27. The summed E-state index contributed by atoms with van der Waals surface area (Å²) in [6.45, 7) is 1.99. The quantitative estimate of drug-likeness (QED) is 0.567. The third kappa shape index (κ3) is 3.17. The maximum absolute atomic E-state index is 14.6. The van der Waals surface area contributed by atoms with Gasteiger partial charge in [0.2, 0.25) is 12.7 Å². The van der Waals surface area contributed by atoms with Crippen LogP contribution in [0.5, 0.6) is 11.5 Å². The molecule has 7 heteroatoms. The summed E-state index contributed by atoms with van der Waals surface area (Å²) in [7, 11) is 0. The molecule has 160 valence electrons. The number of hydrogen-bond acceptors (Lipinski definition) is 4. The van der Waals surface area contributed by atoms with E-state index >= 15 is 0 Å². The van der Waals surface area contributed by atoms with Gasteiger partial charge in [0.25, 0.3) is 0 Å². The zero-order valence-electron chi connectivity index (χ0n) is 16.8. The van der Waals surface area contributed by atoms with Crippen LogP contribution in [-0.4, -0.2) is 12.7 Å². The van der Waals surface area contributed by atoms with E-state index in [0.29, 0.717) is 22.7 Å². The Labute approximate surface area is 179 Å². The molecule has 3 aromatic carbocycles. The van der Waals surface area contributed by atoms with Crippen LogP contribution in [0.15, 0.2) is 48.5 Å². The lowest BCUT2D eigenvalue weighted by molar-refractivity contribution is -0.118. The fourth-order valence-corrected chi connectivity index (χ4v) is 3.98. The number of nitrogen functional groups attached to an aromatic ring is 1. The molecule has 1 fully saturated rings. The zero-order chi connectivity index (χ0) is 21.8. The van der Waals surface area contributed by atoms with E-state index in [0.717, 1.165) is 30.0 Å². The maximum atomic E-state index is 14.6. The molecule has 1 aliphatic carbocycles. The highest BCUT2D eigenvalue weighted by Gasteiger charge is 2.51. The van der Waals surface area contributed by atoms with Crippen molar-refractivity contribution < 1.29 is 24.5 Å². The Kier molecular flexibility index (Phi) is 4.36. The molecule has 1 aliphatic heterocycles. The number of nitrogens with one attached hydrogen (secondary N) is 1. The summed E-state index contributed by atoms with van der Waals surface area (Å²) in [6.07, 6.45) is 1.45. The number of hydrogen-bond donors (Lipinski definition) is 2. The molecule has 0 spiro atoms. The van der Waals surface area contributed by atoms with Crippen molar-refractivity contribution in [3.8, 4) is 22.6 Å². The van der Waals surface area contributed by atoms with Gasteiger partial charge < -0.3 is 20.5 Å². The third-order valence-electron chi connectivity index (χ3n) is 6.02. The van der Waals surface area contributed by atoms with E-state index < -0.39 is 22.7 Å². The number of ether oxygens (including phenoxy) is 2. The summed E-state index contributed by atoms with van der Waals surface area (Å²) in [5, 5.41) is 2.95. The smallest absolute Gasteiger partial charge is 0.235 e.